The van der Waals surface area contributed by atoms with Crippen LogP contribution in [-0.4, -0.2) is 66.5 Å². The lowest BCUT2D eigenvalue weighted by molar-refractivity contribution is -0.713. The number of carboxylic acids is 1. The predicted molar refractivity (Wildman–Crippen MR) is 122 cm³/mol. The molecule has 16 heteroatoms. The van der Waals surface area contributed by atoms with Crippen molar-refractivity contribution in [3.8, 4) is 0 Å². The van der Waals surface area contributed by atoms with Gasteiger partial charge < -0.3 is 31.9 Å². The molecule has 1 fully saturated rings. The Morgan fingerprint density at radius 1 is 1.44 bits per heavy atom. The number of oxime groups is 1. The van der Waals surface area contributed by atoms with E-state index in [1.54, 1.807) is 23.9 Å². The lowest BCUT2D eigenvalue weighted by Crippen LogP contribution is -2.71. The van der Waals surface area contributed by atoms with E-state index in [0.29, 0.717) is 22.3 Å². The summed E-state index contributed by atoms with van der Waals surface area (Å²) in [4.78, 5) is 46.5. The minimum atomic E-state index is -1.49. The molecule has 2 aromatic heterocycles. The number of nitrogens with zero attached hydrogens (tertiary/aromatic N) is 5. The van der Waals surface area contributed by atoms with E-state index in [-0.39, 0.29) is 22.3 Å². The van der Waals surface area contributed by atoms with Crippen LogP contribution in [0, 0.1) is 0 Å². The van der Waals surface area contributed by atoms with Gasteiger partial charge in [-0.15, -0.1) is 23.1 Å². The van der Waals surface area contributed by atoms with Crippen molar-refractivity contribution in [2.45, 2.75) is 16.6 Å². The van der Waals surface area contributed by atoms with Crippen molar-refractivity contribution in [2.24, 2.45) is 12.2 Å². The maximum Gasteiger partial charge on any atom is 0.361 e. The zero-order chi connectivity index (χ0) is 24.6. The second-order valence-electron chi connectivity index (χ2n) is 7.15. The van der Waals surface area contributed by atoms with E-state index in [4.69, 9.17) is 11.5 Å². The third-order valence-corrected chi connectivity index (χ3v) is 8.12. The Balaban J connectivity index is 1.49. The number of β-lactam (4-membered cyclic amide) rings is 1. The van der Waals surface area contributed by atoms with Crippen molar-refractivity contribution in [1.29, 1.82) is 0 Å². The summed E-state index contributed by atoms with van der Waals surface area (Å²) in [7, 11) is 1.78. The van der Waals surface area contributed by atoms with Gasteiger partial charge in [0, 0.05) is 23.0 Å². The largest absolute Gasteiger partial charge is 0.543 e. The van der Waals surface area contributed by atoms with Crippen molar-refractivity contribution in [2.75, 3.05) is 23.0 Å². The van der Waals surface area contributed by atoms with Crippen molar-refractivity contribution < 1.29 is 29.3 Å². The monoisotopic (exact) mass is 522 g/mol. The van der Waals surface area contributed by atoms with Gasteiger partial charge in [0.1, 0.15) is 17.1 Å². The minimum Gasteiger partial charge on any atom is -0.543 e. The maximum absolute atomic E-state index is 12.8. The number of carbonyl (C=O) groups excluding carboxylic acids is 3. The van der Waals surface area contributed by atoms with Crippen molar-refractivity contribution in [1.82, 2.24) is 20.2 Å². The maximum atomic E-state index is 12.8. The Kier molecular flexibility index (Phi) is 6.63. The van der Waals surface area contributed by atoms with Gasteiger partial charge in [-0.2, -0.15) is 0 Å². The van der Waals surface area contributed by atoms with E-state index in [2.05, 4.69) is 20.4 Å². The van der Waals surface area contributed by atoms with E-state index in [0.717, 1.165) is 16.2 Å². The molecule has 2 atom stereocenters. The third-order valence-electron chi connectivity index (χ3n) is 4.98. The van der Waals surface area contributed by atoms with E-state index in [9.17, 15) is 24.7 Å². The minimum absolute atomic E-state index is 0.0559. The summed E-state index contributed by atoms with van der Waals surface area (Å²) in [6.07, 6.45) is 1.74. The molecule has 0 saturated carbocycles. The van der Waals surface area contributed by atoms with Crippen LogP contribution in [0.25, 0.3) is 0 Å². The first-order chi connectivity index (χ1) is 16.2. The molecule has 2 unspecified atom stereocenters. The molecule has 2 aliphatic rings. The number of aromatic nitrogens is 3. The zero-order valence-corrected chi connectivity index (χ0v) is 19.9. The average molecular weight is 523 g/mol. The first-order valence-corrected chi connectivity index (χ1v) is 12.5. The summed E-state index contributed by atoms with van der Waals surface area (Å²) in [5, 5.41) is 28.1. The molecule has 2 aromatic rings. The van der Waals surface area contributed by atoms with Gasteiger partial charge in [0.25, 0.3) is 11.8 Å². The molecule has 34 heavy (non-hydrogen) atoms. The number of carboxylic acid groups (broad SMARTS) is 1. The number of nitrogen functional groups attached to an aromatic ring is 2. The number of anilines is 2. The third kappa shape index (κ3) is 4.38. The molecule has 6 N–H and O–H groups in total. The molecular weight excluding hydrogens is 504 g/mol. The van der Waals surface area contributed by atoms with Crippen LogP contribution in [0.4, 0.5) is 10.9 Å². The van der Waals surface area contributed by atoms with Crippen LogP contribution >= 0.6 is 34.9 Å². The van der Waals surface area contributed by atoms with Crippen LogP contribution in [0.3, 0.4) is 0 Å². The summed E-state index contributed by atoms with van der Waals surface area (Å²) in [5.74, 6) is -2.06. The van der Waals surface area contributed by atoms with Crippen molar-refractivity contribution in [3.05, 3.63) is 34.6 Å². The Morgan fingerprint density at radius 3 is 2.85 bits per heavy atom. The van der Waals surface area contributed by atoms with Gasteiger partial charge in [-0.05, 0) is 22.3 Å². The van der Waals surface area contributed by atoms with Gasteiger partial charge in [0.05, 0.1) is 24.9 Å². The van der Waals surface area contributed by atoms with Gasteiger partial charge in [0.2, 0.25) is 5.82 Å². The molecule has 0 aromatic carbocycles. The van der Waals surface area contributed by atoms with Crippen LogP contribution in [0.15, 0.2) is 39.2 Å². The van der Waals surface area contributed by atoms with E-state index >= 15 is 0 Å². The second kappa shape index (κ2) is 9.47. The smallest absolute Gasteiger partial charge is 0.361 e. The summed E-state index contributed by atoms with van der Waals surface area (Å²) in [6.45, 7) is 0. The Bertz CT molecular complexity index is 1250. The summed E-state index contributed by atoms with van der Waals surface area (Å²) >= 11 is 3.63. The number of fused-ring (bicyclic) bond motifs is 1. The number of nitrogens with one attached hydrogen (secondary N) is 1. The molecule has 2 aliphatic heterocycles. The number of hydrogen-bond acceptors (Lipinski definition) is 13. The van der Waals surface area contributed by atoms with Crippen molar-refractivity contribution >= 4 is 69.3 Å². The van der Waals surface area contributed by atoms with E-state index < -0.39 is 34.9 Å². The zero-order valence-electron chi connectivity index (χ0n) is 17.5. The molecule has 0 bridgehead atoms. The number of thiazole rings is 1. The highest BCUT2D eigenvalue weighted by atomic mass is 32.2. The number of amides is 2. The quantitative estimate of drug-likeness (QED) is 0.0590. The van der Waals surface area contributed by atoms with Crippen LogP contribution in [0.1, 0.15) is 5.69 Å². The normalized spacial score (nSPS) is 20.1. The summed E-state index contributed by atoms with van der Waals surface area (Å²) in [6, 6.07) is 0.627. The first kappa shape index (κ1) is 23.8. The topological polar surface area (TPSA) is 204 Å². The van der Waals surface area contributed by atoms with Crippen LogP contribution < -0.4 is 26.5 Å². The fourth-order valence-electron chi connectivity index (χ4n) is 3.37. The predicted octanol–water partition coefficient (Wildman–Crippen LogP) is -2.10. The molecule has 13 nitrogen and oxygen atoms in total. The van der Waals surface area contributed by atoms with Gasteiger partial charge in [0.15, 0.2) is 10.8 Å². The first-order valence-electron chi connectivity index (χ1n) is 9.58. The fraction of sp³-hybridized carbons (Fsp3) is 0.278. The Hall–Kier alpha value is -3.37. The molecule has 4 heterocycles. The molecule has 2 amide bonds. The lowest BCUT2D eigenvalue weighted by atomic mass is 10.0. The van der Waals surface area contributed by atoms with Gasteiger partial charge in [-0.3, -0.25) is 14.5 Å². The van der Waals surface area contributed by atoms with Crippen molar-refractivity contribution in [3.63, 3.8) is 0 Å². The number of nitrogens with two attached hydrogens (primary N) is 2. The van der Waals surface area contributed by atoms with E-state index in [1.807, 2.05) is 0 Å². The molecule has 0 aliphatic carbocycles. The number of carbonyl (C=O) groups is 3. The van der Waals surface area contributed by atoms with Crippen LogP contribution in [0.5, 0.6) is 0 Å². The van der Waals surface area contributed by atoms with Crippen LogP contribution in [-0.2, 0) is 21.4 Å². The number of aliphatic carboxylic acids is 1. The van der Waals surface area contributed by atoms with Crippen LogP contribution in [0.2, 0.25) is 0 Å². The Labute approximate surface area is 204 Å². The molecule has 0 radical (unpaired) electrons. The highest BCUT2D eigenvalue weighted by Crippen LogP contribution is 2.41. The standard InChI is InChI=1S/C18H18N8O5S3/c1-25-3-2-9(19)22-18(25)34-5-7-4-32-15-11(14(28)26(15)12(7)16(29)30)23-13(27)10(24-31)8-6-33-17(20)21-8/h2-3,6,11,15,19H,4-5H2,1H3,(H5,20,21,23,27,29,30,31). The molecule has 1 saturated heterocycles. The fourth-order valence-corrected chi connectivity index (χ4v) is 6.37. The highest BCUT2D eigenvalue weighted by Gasteiger charge is 2.53. The Morgan fingerprint density at radius 2 is 2.21 bits per heavy atom. The second-order valence-corrected chi connectivity index (χ2v) is 10.1. The van der Waals surface area contributed by atoms with Gasteiger partial charge in [-0.1, -0.05) is 5.16 Å². The SMILES string of the molecule is C[n+]1ccc(N)nc1SCC1=C(C(=O)[O-])N2C(=O)C(NC(=O)/C(=N\O)c3csc(N)n3)C2SC1. The van der Waals surface area contributed by atoms with Gasteiger partial charge in [-0.25, -0.2) is 9.55 Å². The highest BCUT2D eigenvalue weighted by molar-refractivity contribution is 8.01. The number of thioether (sulfide) groups is 2. The molecule has 0 spiro atoms. The molecule has 178 valence electrons. The molecule has 4 rings (SSSR count). The average Bonchev–Trinajstić information content (AvgIpc) is 3.23. The number of hydrogen-bond donors (Lipinski definition) is 4. The summed E-state index contributed by atoms with van der Waals surface area (Å²) < 4.78 is 1.75. The van der Waals surface area contributed by atoms with Gasteiger partial charge >= 0.3 is 5.16 Å². The number of aryl methyl sites for hydroxylation is 1. The molecular formula is C18H18N8O5S3. The number of rotatable bonds is 7. The lowest BCUT2D eigenvalue weighted by Gasteiger charge is -2.50. The van der Waals surface area contributed by atoms with E-state index in [1.165, 1.54) is 28.9 Å². The summed E-state index contributed by atoms with van der Waals surface area (Å²) in [5.41, 5.74) is 11.2.